The van der Waals surface area contributed by atoms with E-state index in [4.69, 9.17) is 0 Å². The predicted molar refractivity (Wildman–Crippen MR) is 258 cm³/mol. The van der Waals surface area contributed by atoms with Crippen molar-refractivity contribution >= 4 is 17.7 Å². The zero-order chi connectivity index (χ0) is 46.3. The van der Waals surface area contributed by atoms with Crippen molar-refractivity contribution in [3.05, 3.63) is 0 Å². The number of carbonyl (C=O) groups excluding carboxylic acids is 3. The molecule has 3 aliphatic rings. The molecule has 0 saturated carbocycles. The van der Waals surface area contributed by atoms with E-state index in [0.717, 1.165) is 77.9 Å². The van der Waals surface area contributed by atoms with Gasteiger partial charge in [-0.05, 0) is 130 Å². The van der Waals surface area contributed by atoms with Crippen molar-refractivity contribution in [2.24, 2.45) is 16.2 Å². The molecule has 3 fully saturated rings. The highest BCUT2D eigenvalue weighted by atomic mass is 16.2. The molecular weight excluding hydrogens is 749 g/mol. The maximum absolute atomic E-state index is 12.1. The van der Waals surface area contributed by atoms with Gasteiger partial charge in [0.15, 0.2) is 0 Å². The molecule has 1 N–H and O–H groups in total. The van der Waals surface area contributed by atoms with Gasteiger partial charge in [-0.2, -0.15) is 0 Å². The second-order valence-corrected chi connectivity index (χ2v) is 22.4. The molecule has 356 valence electrons. The Kier molecular flexibility index (Phi) is 28.0. The SMILES string of the molecule is CCN(CC)C(=O)CCC(C)(C)C.CCN(CC)CCCC(C)(C)C.CN1CCC(N2CCN(C(=O)NC(C)(C)C)CC2)CC1.CN1CCN(CC(=O)CC(C)(C)C)CC1. The highest BCUT2D eigenvalue weighted by Crippen LogP contribution is 2.22. The number of likely N-dealkylation sites (N-methyl/N-ethyl adjacent to an activating group) is 1. The zero-order valence-electron chi connectivity index (χ0n) is 43.2. The third-order valence-corrected chi connectivity index (χ3v) is 11.5. The van der Waals surface area contributed by atoms with E-state index in [-0.39, 0.29) is 22.4 Å². The second kappa shape index (κ2) is 28.8. The molecule has 0 unspecified atom stereocenters. The van der Waals surface area contributed by atoms with Crippen LogP contribution in [0.3, 0.4) is 0 Å². The number of nitrogens with one attached hydrogen (secondary N) is 1. The monoisotopic (exact) mass is 851 g/mol. The first kappa shape index (κ1) is 58.2. The largest absolute Gasteiger partial charge is 0.343 e. The Labute approximate surface area is 373 Å². The number of piperazine rings is 2. The molecule has 3 aliphatic heterocycles. The summed E-state index contributed by atoms with van der Waals surface area (Å²) in [6.45, 7) is 50.8. The van der Waals surface area contributed by atoms with Gasteiger partial charge in [0.05, 0.1) is 6.54 Å². The minimum absolute atomic E-state index is 0.0838. The minimum atomic E-state index is -0.151. The Bertz CT molecular complexity index is 1140. The van der Waals surface area contributed by atoms with Crippen molar-refractivity contribution in [2.75, 3.05) is 119 Å². The molecule has 3 amide bonds. The smallest absolute Gasteiger partial charge is 0.317 e. The number of nitrogens with zero attached hydrogens (tertiary/aromatic N) is 7. The van der Waals surface area contributed by atoms with Gasteiger partial charge in [0.1, 0.15) is 5.78 Å². The van der Waals surface area contributed by atoms with Crippen LogP contribution in [0.1, 0.15) is 156 Å². The fraction of sp³-hybridized carbons (Fsp3) is 0.939. The first-order valence-corrected chi connectivity index (χ1v) is 24.0. The van der Waals surface area contributed by atoms with Crippen LogP contribution in [0.4, 0.5) is 4.79 Å². The van der Waals surface area contributed by atoms with E-state index in [9.17, 15) is 14.4 Å². The first-order valence-electron chi connectivity index (χ1n) is 24.0. The number of hydrogen-bond donors (Lipinski definition) is 1. The summed E-state index contributed by atoms with van der Waals surface area (Å²) in [4.78, 5) is 51.4. The molecule has 0 atom stereocenters. The third kappa shape index (κ3) is 30.3. The second-order valence-electron chi connectivity index (χ2n) is 22.4. The normalized spacial score (nSPS) is 18.1. The van der Waals surface area contributed by atoms with Crippen LogP contribution in [0.2, 0.25) is 0 Å². The van der Waals surface area contributed by atoms with Gasteiger partial charge in [0, 0.05) is 89.9 Å². The van der Waals surface area contributed by atoms with Crippen LogP contribution in [0.25, 0.3) is 0 Å². The van der Waals surface area contributed by atoms with Gasteiger partial charge >= 0.3 is 6.03 Å². The van der Waals surface area contributed by atoms with E-state index < -0.39 is 0 Å². The van der Waals surface area contributed by atoms with Crippen LogP contribution in [0.15, 0.2) is 0 Å². The van der Waals surface area contributed by atoms with E-state index >= 15 is 0 Å². The van der Waals surface area contributed by atoms with Gasteiger partial charge in [-0.15, -0.1) is 0 Å². The first-order chi connectivity index (χ1) is 27.6. The van der Waals surface area contributed by atoms with Gasteiger partial charge in [-0.25, -0.2) is 4.79 Å². The maximum Gasteiger partial charge on any atom is 0.317 e. The molecular formula is C49H102N8O3. The molecule has 0 aromatic heterocycles. The van der Waals surface area contributed by atoms with Gasteiger partial charge in [-0.3, -0.25) is 19.4 Å². The van der Waals surface area contributed by atoms with E-state index in [0.29, 0.717) is 36.5 Å². The fourth-order valence-corrected chi connectivity index (χ4v) is 7.54. The number of hydrogen-bond acceptors (Lipinski definition) is 8. The average Bonchev–Trinajstić information content (AvgIpc) is 3.13. The van der Waals surface area contributed by atoms with Crippen molar-refractivity contribution in [2.45, 2.75) is 167 Å². The summed E-state index contributed by atoms with van der Waals surface area (Å²) in [5, 5.41) is 3.05. The molecule has 0 bridgehead atoms. The summed E-state index contributed by atoms with van der Waals surface area (Å²) in [6.07, 6.45) is 7.57. The van der Waals surface area contributed by atoms with Crippen LogP contribution in [0, 0.1) is 16.2 Å². The topological polar surface area (TPSA) is 85.9 Å². The molecule has 3 heterocycles. The van der Waals surface area contributed by atoms with Crippen LogP contribution in [-0.2, 0) is 9.59 Å². The standard InChI is InChI=1S/C15H30N4O.C12H24N2O.C11H23NO.C11H25N/c1-15(2,3)16-14(20)19-11-9-18(10-12-19)13-5-7-17(4)8-6-13;1-12(2,3)9-11(15)10-14-7-5-13(4)6-8-14;1-6-12(7-2)10(13)8-9-11(3,4)5;1-6-12(7-2)10-8-9-11(3,4)5/h13H,5-12H2,1-4H3,(H,16,20);5-10H2,1-4H3;6-9H2,1-5H3;6-10H2,1-5H3. The molecule has 11 nitrogen and oxygen atoms in total. The molecule has 60 heavy (non-hydrogen) atoms. The maximum atomic E-state index is 12.1. The lowest BCUT2D eigenvalue weighted by atomic mass is 9.90. The quantitative estimate of drug-likeness (QED) is 0.198. The molecule has 0 aromatic rings. The number of carbonyl (C=O) groups is 3. The summed E-state index contributed by atoms with van der Waals surface area (Å²) in [7, 11) is 4.33. The van der Waals surface area contributed by atoms with Crippen molar-refractivity contribution in [1.29, 1.82) is 0 Å². The molecule has 3 rings (SSSR count). The third-order valence-electron chi connectivity index (χ3n) is 11.5. The summed E-state index contributed by atoms with van der Waals surface area (Å²) in [5.41, 5.74) is 0.752. The molecule has 0 aliphatic carbocycles. The zero-order valence-corrected chi connectivity index (χ0v) is 43.2. The van der Waals surface area contributed by atoms with Crippen LogP contribution < -0.4 is 5.32 Å². The molecule has 0 aromatic carbocycles. The average molecular weight is 851 g/mol. The molecule has 0 radical (unpaired) electrons. The van der Waals surface area contributed by atoms with Crippen LogP contribution >= 0.6 is 0 Å². The van der Waals surface area contributed by atoms with Crippen LogP contribution in [0.5, 0.6) is 0 Å². The van der Waals surface area contributed by atoms with Crippen molar-refractivity contribution in [3.8, 4) is 0 Å². The van der Waals surface area contributed by atoms with E-state index in [2.05, 4.69) is 120 Å². The highest BCUT2D eigenvalue weighted by Gasteiger charge is 2.29. The Morgan fingerprint density at radius 3 is 1.50 bits per heavy atom. The lowest BCUT2D eigenvalue weighted by molar-refractivity contribution is -0.131. The summed E-state index contributed by atoms with van der Waals surface area (Å²) in [5.74, 6) is 0.673. The lowest BCUT2D eigenvalue weighted by Gasteiger charge is -2.42. The number of piperidine rings is 1. The Morgan fingerprint density at radius 1 is 0.600 bits per heavy atom. The lowest BCUT2D eigenvalue weighted by Crippen LogP contribution is -2.57. The van der Waals surface area contributed by atoms with E-state index in [1.54, 1.807) is 0 Å². The van der Waals surface area contributed by atoms with Crippen molar-refractivity contribution in [3.63, 3.8) is 0 Å². The van der Waals surface area contributed by atoms with Gasteiger partial charge in [-0.1, -0.05) is 76.2 Å². The van der Waals surface area contributed by atoms with Crippen molar-refractivity contribution in [1.82, 2.24) is 39.6 Å². The van der Waals surface area contributed by atoms with Crippen LogP contribution in [-0.4, -0.2) is 182 Å². The number of urea groups is 1. The Hall–Kier alpha value is -1.79. The van der Waals surface area contributed by atoms with Gasteiger partial charge in [0.25, 0.3) is 0 Å². The summed E-state index contributed by atoms with van der Waals surface area (Å²) in [6, 6.07) is 0.805. The number of Topliss-reactive ketones (excluding diaryl/α,β-unsaturated/α-hetero) is 1. The molecule has 0 spiro atoms. The number of likely N-dealkylation sites (tertiary alicyclic amines) is 1. The number of rotatable bonds is 13. The van der Waals surface area contributed by atoms with Gasteiger partial charge < -0.3 is 29.8 Å². The summed E-state index contributed by atoms with van der Waals surface area (Å²) >= 11 is 0. The number of ketones is 1. The van der Waals surface area contributed by atoms with Crippen molar-refractivity contribution < 1.29 is 14.4 Å². The number of amides is 3. The van der Waals surface area contributed by atoms with Gasteiger partial charge in [0.2, 0.25) is 5.91 Å². The fourth-order valence-electron chi connectivity index (χ4n) is 7.54. The van der Waals surface area contributed by atoms with E-state index in [1.165, 1.54) is 58.4 Å². The molecule has 3 saturated heterocycles. The predicted octanol–water partition coefficient (Wildman–Crippen LogP) is 8.28. The summed E-state index contributed by atoms with van der Waals surface area (Å²) < 4.78 is 0. The van der Waals surface area contributed by atoms with E-state index in [1.807, 2.05) is 44.4 Å². The highest BCUT2D eigenvalue weighted by molar-refractivity contribution is 5.81. The molecule has 11 heteroatoms. The Morgan fingerprint density at radius 2 is 1.08 bits per heavy atom. The minimum Gasteiger partial charge on any atom is -0.343 e. The Balaban J connectivity index is 0.000000792.